The second kappa shape index (κ2) is 6.15. The van der Waals surface area contributed by atoms with Gasteiger partial charge in [0.1, 0.15) is 11.2 Å². The van der Waals surface area contributed by atoms with Crippen molar-refractivity contribution in [2.45, 2.75) is 45.3 Å². The van der Waals surface area contributed by atoms with Gasteiger partial charge in [-0.15, -0.1) is 0 Å². The highest BCUT2D eigenvalue weighted by Gasteiger charge is 2.28. The van der Waals surface area contributed by atoms with E-state index in [1.165, 1.54) is 0 Å². The summed E-state index contributed by atoms with van der Waals surface area (Å²) in [6, 6.07) is 4.37. The van der Waals surface area contributed by atoms with E-state index in [1.54, 1.807) is 4.90 Å². The van der Waals surface area contributed by atoms with E-state index >= 15 is 0 Å². The van der Waals surface area contributed by atoms with Crippen LogP contribution in [0.1, 0.15) is 39.7 Å². The van der Waals surface area contributed by atoms with Crippen molar-refractivity contribution in [1.29, 1.82) is 0 Å². The molecule has 5 nitrogen and oxygen atoms in total. The number of carbonyl (C=O) groups excluding carboxylic acids is 1. The second-order valence-electron chi connectivity index (χ2n) is 6.96. The number of pyridine rings is 1. The predicted octanol–water partition coefficient (Wildman–Crippen LogP) is 4.37. The fourth-order valence-corrected chi connectivity index (χ4v) is 3.50. The molecule has 0 aromatic carbocycles. The molecule has 0 spiro atoms. The number of hydrogen-bond donors (Lipinski definition) is 0. The van der Waals surface area contributed by atoms with E-state index < -0.39 is 5.60 Å². The van der Waals surface area contributed by atoms with Gasteiger partial charge in [0.25, 0.3) is 0 Å². The lowest BCUT2D eigenvalue weighted by molar-refractivity contribution is 0.0189. The molecule has 0 bridgehead atoms. The SMILES string of the molecule is CC(C)(C)OC(=O)N1CCC(n2cc(Br)c3cccnc32)CC1. The van der Waals surface area contributed by atoms with Crippen molar-refractivity contribution >= 4 is 33.1 Å². The first-order valence-electron chi connectivity index (χ1n) is 7.94. The van der Waals surface area contributed by atoms with Crippen molar-refractivity contribution in [3.05, 3.63) is 29.0 Å². The zero-order chi connectivity index (χ0) is 16.6. The molecule has 1 aliphatic heterocycles. The first-order valence-corrected chi connectivity index (χ1v) is 8.73. The lowest BCUT2D eigenvalue weighted by Gasteiger charge is -2.34. The number of fused-ring (bicyclic) bond motifs is 1. The maximum Gasteiger partial charge on any atom is 0.410 e. The van der Waals surface area contributed by atoms with Gasteiger partial charge in [-0.3, -0.25) is 0 Å². The van der Waals surface area contributed by atoms with Gasteiger partial charge < -0.3 is 14.2 Å². The molecule has 23 heavy (non-hydrogen) atoms. The maximum atomic E-state index is 12.2. The van der Waals surface area contributed by atoms with Crippen LogP contribution in [0, 0.1) is 0 Å². The number of nitrogens with zero attached hydrogens (tertiary/aromatic N) is 3. The minimum atomic E-state index is -0.445. The molecule has 1 aliphatic rings. The average molecular weight is 380 g/mol. The van der Waals surface area contributed by atoms with Crippen molar-refractivity contribution in [3.8, 4) is 0 Å². The third-order valence-corrected chi connectivity index (χ3v) is 4.68. The fraction of sp³-hybridized carbons (Fsp3) is 0.529. The zero-order valence-electron chi connectivity index (χ0n) is 13.8. The first kappa shape index (κ1) is 16.3. The Bertz CT molecular complexity index is 712. The highest BCUT2D eigenvalue weighted by Crippen LogP contribution is 2.31. The molecule has 3 rings (SSSR count). The minimum absolute atomic E-state index is 0.215. The highest BCUT2D eigenvalue weighted by atomic mass is 79.9. The number of aromatic nitrogens is 2. The molecule has 0 radical (unpaired) electrons. The van der Waals surface area contributed by atoms with Gasteiger partial charge in [-0.1, -0.05) is 0 Å². The lowest BCUT2D eigenvalue weighted by Crippen LogP contribution is -2.42. The van der Waals surface area contributed by atoms with Crippen LogP contribution in [-0.4, -0.2) is 39.2 Å². The van der Waals surface area contributed by atoms with Crippen LogP contribution < -0.4 is 0 Å². The molecule has 0 atom stereocenters. The van der Waals surface area contributed by atoms with Crippen LogP contribution >= 0.6 is 15.9 Å². The molecule has 0 aliphatic carbocycles. The Kier molecular flexibility index (Phi) is 4.36. The van der Waals surface area contributed by atoms with Gasteiger partial charge in [-0.05, 0) is 61.7 Å². The van der Waals surface area contributed by atoms with Gasteiger partial charge in [0.15, 0.2) is 0 Å². The zero-order valence-corrected chi connectivity index (χ0v) is 15.3. The second-order valence-corrected chi connectivity index (χ2v) is 7.81. The molecular weight excluding hydrogens is 358 g/mol. The Balaban J connectivity index is 1.70. The smallest absolute Gasteiger partial charge is 0.410 e. The van der Waals surface area contributed by atoms with E-state index in [0.29, 0.717) is 19.1 Å². The molecule has 3 heterocycles. The van der Waals surface area contributed by atoms with Gasteiger partial charge >= 0.3 is 6.09 Å². The first-order chi connectivity index (χ1) is 10.8. The van der Waals surface area contributed by atoms with E-state index in [2.05, 4.69) is 37.7 Å². The number of rotatable bonds is 1. The summed E-state index contributed by atoms with van der Waals surface area (Å²) < 4.78 is 8.75. The van der Waals surface area contributed by atoms with E-state index in [1.807, 2.05) is 33.0 Å². The van der Waals surface area contributed by atoms with Crippen molar-refractivity contribution in [2.75, 3.05) is 13.1 Å². The van der Waals surface area contributed by atoms with Gasteiger partial charge in [0, 0.05) is 41.4 Å². The lowest BCUT2D eigenvalue weighted by atomic mass is 10.1. The molecule has 1 amide bonds. The van der Waals surface area contributed by atoms with E-state index in [0.717, 1.165) is 28.3 Å². The summed E-state index contributed by atoms with van der Waals surface area (Å²) in [5, 5.41) is 1.13. The van der Waals surface area contributed by atoms with Crippen LogP contribution in [0.15, 0.2) is 29.0 Å². The van der Waals surface area contributed by atoms with E-state index in [4.69, 9.17) is 4.74 Å². The van der Waals surface area contributed by atoms with Gasteiger partial charge in [0.2, 0.25) is 0 Å². The van der Waals surface area contributed by atoms with Crippen LogP contribution in [0.3, 0.4) is 0 Å². The summed E-state index contributed by atoms with van der Waals surface area (Å²) in [5.74, 6) is 0. The number of piperidine rings is 1. The number of halogens is 1. The van der Waals surface area contributed by atoms with Gasteiger partial charge in [-0.2, -0.15) is 0 Å². The number of hydrogen-bond acceptors (Lipinski definition) is 3. The number of carbonyl (C=O) groups is 1. The Morgan fingerprint density at radius 3 is 2.70 bits per heavy atom. The van der Waals surface area contributed by atoms with Crippen molar-refractivity contribution in [2.24, 2.45) is 0 Å². The summed E-state index contributed by atoms with van der Waals surface area (Å²) in [7, 11) is 0. The Morgan fingerprint density at radius 1 is 1.35 bits per heavy atom. The van der Waals surface area contributed by atoms with Crippen molar-refractivity contribution in [3.63, 3.8) is 0 Å². The van der Waals surface area contributed by atoms with Crippen LogP contribution in [0.5, 0.6) is 0 Å². The van der Waals surface area contributed by atoms with Gasteiger partial charge in [0.05, 0.1) is 0 Å². The Labute approximate surface area is 144 Å². The third kappa shape index (κ3) is 3.52. The standard InChI is InChI=1S/C17H22BrN3O2/c1-17(2,3)23-16(22)20-9-6-12(7-10-20)21-11-14(18)13-5-4-8-19-15(13)21/h4-5,8,11-12H,6-7,9-10H2,1-3H3. The topological polar surface area (TPSA) is 47.4 Å². The molecule has 2 aromatic heterocycles. The molecular formula is C17H22BrN3O2. The molecule has 2 aromatic rings. The molecule has 1 fully saturated rings. The van der Waals surface area contributed by atoms with Crippen molar-refractivity contribution < 1.29 is 9.53 Å². The summed E-state index contributed by atoms with van der Waals surface area (Å²) in [6.07, 6.45) is 5.53. The molecule has 0 unspecified atom stereocenters. The quantitative estimate of drug-likeness (QED) is 0.738. The largest absolute Gasteiger partial charge is 0.444 e. The normalized spacial score (nSPS) is 16.8. The summed E-state index contributed by atoms with van der Waals surface area (Å²) in [4.78, 5) is 18.5. The van der Waals surface area contributed by atoms with Crippen molar-refractivity contribution in [1.82, 2.24) is 14.5 Å². The molecule has 0 saturated carbocycles. The minimum Gasteiger partial charge on any atom is -0.444 e. The fourth-order valence-electron chi connectivity index (χ4n) is 2.97. The third-order valence-electron chi connectivity index (χ3n) is 4.05. The Hall–Kier alpha value is -1.56. The average Bonchev–Trinajstić information content (AvgIpc) is 2.83. The molecule has 0 N–H and O–H groups in total. The van der Waals surface area contributed by atoms with Crippen LogP contribution in [0.4, 0.5) is 4.79 Å². The van der Waals surface area contributed by atoms with Crippen LogP contribution in [0.25, 0.3) is 11.0 Å². The number of amides is 1. The predicted molar refractivity (Wildman–Crippen MR) is 93.5 cm³/mol. The maximum absolute atomic E-state index is 12.2. The molecule has 6 heteroatoms. The number of ether oxygens (including phenoxy) is 1. The monoisotopic (exact) mass is 379 g/mol. The molecule has 124 valence electrons. The van der Waals surface area contributed by atoms with Gasteiger partial charge in [-0.25, -0.2) is 9.78 Å². The van der Waals surface area contributed by atoms with E-state index in [-0.39, 0.29) is 6.09 Å². The van der Waals surface area contributed by atoms with Crippen LogP contribution in [-0.2, 0) is 4.74 Å². The summed E-state index contributed by atoms with van der Waals surface area (Å²) >= 11 is 3.61. The summed E-state index contributed by atoms with van der Waals surface area (Å²) in [5.41, 5.74) is 0.550. The summed E-state index contributed by atoms with van der Waals surface area (Å²) in [6.45, 7) is 7.11. The Morgan fingerprint density at radius 2 is 2.04 bits per heavy atom. The van der Waals surface area contributed by atoms with E-state index in [9.17, 15) is 4.79 Å². The number of likely N-dealkylation sites (tertiary alicyclic amines) is 1. The highest BCUT2D eigenvalue weighted by molar-refractivity contribution is 9.10. The molecule has 1 saturated heterocycles. The van der Waals surface area contributed by atoms with Crippen LogP contribution in [0.2, 0.25) is 0 Å².